The fraction of sp³-hybridized carbons (Fsp3) is 0.176. The SMILES string of the molecule is COc1ccccc1Cn1nc(-c2cc(S(=O)(=O)N(C)Cc3ccccc3)ccc2OCC(=O)O)c(C)c1-c1cccc(Cl)c1. The van der Waals surface area contributed by atoms with Crippen LogP contribution in [-0.2, 0) is 27.9 Å². The van der Waals surface area contributed by atoms with Crippen LogP contribution < -0.4 is 9.47 Å². The van der Waals surface area contributed by atoms with E-state index >= 15 is 0 Å². The van der Waals surface area contributed by atoms with Crippen molar-refractivity contribution in [3.8, 4) is 34.0 Å². The summed E-state index contributed by atoms with van der Waals surface area (Å²) in [7, 11) is -0.839. The first-order valence-electron chi connectivity index (χ1n) is 14.0. The predicted molar refractivity (Wildman–Crippen MR) is 173 cm³/mol. The number of carboxylic acid groups (broad SMARTS) is 1. The molecule has 1 N–H and O–H groups in total. The maximum absolute atomic E-state index is 13.8. The van der Waals surface area contributed by atoms with E-state index in [9.17, 15) is 18.3 Å². The highest BCUT2D eigenvalue weighted by molar-refractivity contribution is 7.89. The van der Waals surface area contributed by atoms with Crippen molar-refractivity contribution in [2.24, 2.45) is 0 Å². The highest BCUT2D eigenvalue weighted by atomic mass is 35.5. The number of carbonyl (C=O) groups is 1. The molecule has 0 atom stereocenters. The van der Waals surface area contributed by atoms with Crippen molar-refractivity contribution < 1.29 is 27.8 Å². The van der Waals surface area contributed by atoms with Crippen molar-refractivity contribution in [1.29, 1.82) is 0 Å². The lowest BCUT2D eigenvalue weighted by atomic mass is 10.0. The third-order valence-electron chi connectivity index (χ3n) is 7.31. The van der Waals surface area contributed by atoms with E-state index in [0.717, 1.165) is 27.9 Å². The molecule has 0 aliphatic rings. The number of carboxylic acids is 1. The van der Waals surface area contributed by atoms with Crippen molar-refractivity contribution >= 4 is 27.6 Å². The summed E-state index contributed by atoms with van der Waals surface area (Å²) in [6, 6.07) is 28.6. The Kier molecular flexibility index (Phi) is 9.57. The number of halogens is 1. The van der Waals surface area contributed by atoms with Crippen LogP contribution in [-0.4, -0.2) is 54.3 Å². The molecule has 0 amide bonds. The monoisotopic (exact) mass is 645 g/mol. The van der Waals surface area contributed by atoms with Gasteiger partial charge in [0.2, 0.25) is 10.0 Å². The molecule has 0 saturated heterocycles. The molecule has 0 spiro atoms. The maximum Gasteiger partial charge on any atom is 0.341 e. The van der Waals surface area contributed by atoms with E-state index in [0.29, 0.717) is 28.6 Å². The number of nitrogens with zero attached hydrogens (tertiary/aromatic N) is 3. The fourth-order valence-corrected chi connectivity index (χ4v) is 6.52. The van der Waals surface area contributed by atoms with Crippen molar-refractivity contribution in [2.45, 2.75) is 24.9 Å². The van der Waals surface area contributed by atoms with E-state index in [-0.39, 0.29) is 17.2 Å². The lowest BCUT2D eigenvalue weighted by Crippen LogP contribution is -2.26. The second-order valence-electron chi connectivity index (χ2n) is 10.4. The van der Waals surface area contributed by atoms with Gasteiger partial charge in [0.1, 0.15) is 11.5 Å². The van der Waals surface area contributed by atoms with E-state index in [1.807, 2.05) is 79.7 Å². The van der Waals surface area contributed by atoms with Crippen LogP contribution in [0.2, 0.25) is 5.02 Å². The summed E-state index contributed by atoms with van der Waals surface area (Å²) in [6.45, 7) is 1.76. The number of sulfonamides is 1. The minimum absolute atomic E-state index is 0.0154. The van der Waals surface area contributed by atoms with Gasteiger partial charge in [-0.3, -0.25) is 4.68 Å². The van der Waals surface area contributed by atoms with Gasteiger partial charge in [-0.1, -0.05) is 72.3 Å². The summed E-state index contributed by atoms with van der Waals surface area (Å²) in [5.41, 5.74) is 4.75. The van der Waals surface area contributed by atoms with Crippen LogP contribution in [0, 0.1) is 6.92 Å². The highest BCUT2D eigenvalue weighted by Crippen LogP contribution is 2.39. The number of para-hydroxylation sites is 1. The zero-order valence-electron chi connectivity index (χ0n) is 25.0. The summed E-state index contributed by atoms with van der Waals surface area (Å²) in [6.07, 6.45) is 0. The number of benzene rings is 4. The van der Waals surface area contributed by atoms with Gasteiger partial charge >= 0.3 is 5.97 Å². The van der Waals surface area contributed by atoms with Gasteiger partial charge in [0.05, 0.1) is 29.9 Å². The number of rotatable bonds is 12. The predicted octanol–water partition coefficient (Wildman–Crippen LogP) is 6.52. The maximum atomic E-state index is 13.8. The molecule has 4 aromatic carbocycles. The van der Waals surface area contributed by atoms with Crippen molar-refractivity contribution in [1.82, 2.24) is 14.1 Å². The first kappa shape index (κ1) is 31.8. The van der Waals surface area contributed by atoms with E-state index in [2.05, 4.69) is 0 Å². The van der Waals surface area contributed by atoms with Crippen LogP contribution in [0.4, 0.5) is 0 Å². The van der Waals surface area contributed by atoms with Gasteiger partial charge in [0, 0.05) is 40.9 Å². The standard InChI is InChI=1S/C34H32ClN3O6S/c1-23-33(36-38(21-26-12-7-8-15-30(26)43-3)34(23)25-13-9-14-27(35)18-25)29-19-28(16-17-31(29)44-22-32(39)40)45(41,42)37(2)20-24-10-5-4-6-11-24/h4-19H,20-22H2,1-3H3,(H,39,40). The van der Waals surface area contributed by atoms with Crippen LogP contribution >= 0.6 is 11.6 Å². The van der Waals surface area contributed by atoms with Gasteiger partial charge in [-0.25, -0.2) is 13.2 Å². The molecule has 0 aliphatic heterocycles. The van der Waals surface area contributed by atoms with E-state index < -0.39 is 22.6 Å². The van der Waals surface area contributed by atoms with Crippen molar-refractivity contribution in [3.05, 3.63) is 119 Å². The molecule has 0 aliphatic carbocycles. The number of hydrogen-bond donors (Lipinski definition) is 1. The molecule has 0 unspecified atom stereocenters. The molecule has 5 rings (SSSR count). The molecular formula is C34H32ClN3O6S. The molecule has 232 valence electrons. The van der Waals surface area contributed by atoms with Gasteiger partial charge in [0.15, 0.2) is 6.61 Å². The Hall–Kier alpha value is -4.64. The van der Waals surface area contributed by atoms with E-state index in [4.69, 9.17) is 26.2 Å². The summed E-state index contributed by atoms with van der Waals surface area (Å²) < 4.78 is 41.8. The largest absolute Gasteiger partial charge is 0.496 e. The average Bonchev–Trinajstić information content (AvgIpc) is 3.35. The molecule has 45 heavy (non-hydrogen) atoms. The molecule has 1 aromatic heterocycles. The van der Waals surface area contributed by atoms with Crippen molar-refractivity contribution in [2.75, 3.05) is 20.8 Å². The Balaban J connectivity index is 1.67. The minimum Gasteiger partial charge on any atom is -0.496 e. The zero-order valence-corrected chi connectivity index (χ0v) is 26.5. The van der Waals surface area contributed by atoms with Gasteiger partial charge < -0.3 is 14.6 Å². The second-order valence-corrected chi connectivity index (χ2v) is 12.9. The molecule has 9 nitrogen and oxygen atoms in total. The molecule has 1 heterocycles. The van der Waals surface area contributed by atoms with E-state index in [1.165, 1.54) is 29.6 Å². The number of hydrogen-bond acceptors (Lipinski definition) is 6. The van der Waals surface area contributed by atoms with Gasteiger partial charge in [-0.05, 0) is 48.9 Å². The van der Waals surface area contributed by atoms with Crippen LogP contribution in [0.1, 0.15) is 16.7 Å². The Morgan fingerprint density at radius 3 is 2.40 bits per heavy atom. The summed E-state index contributed by atoms with van der Waals surface area (Å²) >= 11 is 6.39. The highest BCUT2D eigenvalue weighted by Gasteiger charge is 2.26. The lowest BCUT2D eigenvalue weighted by molar-refractivity contribution is -0.139. The van der Waals surface area contributed by atoms with Gasteiger partial charge in [0.25, 0.3) is 0 Å². The fourth-order valence-electron chi connectivity index (χ4n) is 5.14. The van der Waals surface area contributed by atoms with Crippen LogP contribution in [0.25, 0.3) is 22.5 Å². The molecule has 0 radical (unpaired) electrons. The number of aromatic nitrogens is 2. The quantitative estimate of drug-likeness (QED) is 0.164. The molecular weight excluding hydrogens is 614 g/mol. The first-order valence-corrected chi connectivity index (χ1v) is 15.8. The van der Waals surface area contributed by atoms with Crippen molar-refractivity contribution in [3.63, 3.8) is 0 Å². The zero-order chi connectivity index (χ0) is 32.1. The number of aliphatic carboxylic acids is 1. The van der Waals surface area contributed by atoms with Crippen LogP contribution in [0.15, 0.2) is 102 Å². The topological polar surface area (TPSA) is 111 Å². The molecule has 11 heteroatoms. The lowest BCUT2D eigenvalue weighted by Gasteiger charge is -2.19. The van der Waals surface area contributed by atoms with Crippen LogP contribution in [0.5, 0.6) is 11.5 Å². The first-order chi connectivity index (χ1) is 21.6. The normalized spacial score (nSPS) is 11.5. The second kappa shape index (κ2) is 13.6. The minimum atomic E-state index is -3.95. The molecule has 0 bridgehead atoms. The summed E-state index contributed by atoms with van der Waals surface area (Å²) in [5, 5.41) is 14.9. The number of ether oxygens (including phenoxy) is 2. The third-order valence-corrected chi connectivity index (χ3v) is 9.35. The number of methoxy groups -OCH3 is 1. The third kappa shape index (κ3) is 7.04. The Morgan fingerprint density at radius 1 is 0.956 bits per heavy atom. The Morgan fingerprint density at radius 2 is 1.69 bits per heavy atom. The molecule has 5 aromatic rings. The Bertz CT molecular complexity index is 1940. The molecule has 0 saturated carbocycles. The van der Waals surface area contributed by atoms with Gasteiger partial charge in [-0.15, -0.1) is 0 Å². The molecule has 0 fully saturated rings. The smallest absolute Gasteiger partial charge is 0.341 e. The van der Waals surface area contributed by atoms with Crippen LogP contribution in [0.3, 0.4) is 0 Å². The summed E-state index contributed by atoms with van der Waals surface area (Å²) in [4.78, 5) is 11.5. The van der Waals surface area contributed by atoms with E-state index in [1.54, 1.807) is 17.9 Å². The Labute approximate surface area is 267 Å². The average molecular weight is 646 g/mol. The van der Waals surface area contributed by atoms with Gasteiger partial charge in [-0.2, -0.15) is 9.40 Å². The summed E-state index contributed by atoms with van der Waals surface area (Å²) in [5.74, 6) is -0.299.